The minimum absolute atomic E-state index is 0.879. The van der Waals surface area contributed by atoms with Crippen molar-refractivity contribution in [3.63, 3.8) is 0 Å². The van der Waals surface area contributed by atoms with Crippen molar-refractivity contribution in [3.05, 3.63) is 176 Å². The van der Waals surface area contributed by atoms with Crippen molar-refractivity contribution in [2.24, 2.45) is 0 Å². The summed E-state index contributed by atoms with van der Waals surface area (Å²) in [6.07, 6.45) is 0. The number of para-hydroxylation sites is 2. The third kappa shape index (κ3) is 4.55. The summed E-state index contributed by atoms with van der Waals surface area (Å²) in [5, 5.41) is 7.39. The van der Waals surface area contributed by atoms with Crippen LogP contribution in [0.1, 0.15) is 0 Å². The number of anilines is 3. The third-order valence-electron chi connectivity index (χ3n) is 10.3. The number of hydrogen-bond acceptors (Lipinski definition) is 4. The second kappa shape index (κ2) is 11.7. The number of nitrogens with zero attached hydrogens (tertiary/aromatic N) is 1. The van der Waals surface area contributed by atoms with Gasteiger partial charge in [0.1, 0.15) is 5.58 Å². The van der Waals surface area contributed by atoms with Crippen LogP contribution in [0.3, 0.4) is 0 Å². The molecule has 0 aliphatic carbocycles. The van der Waals surface area contributed by atoms with Crippen LogP contribution in [0.4, 0.5) is 17.1 Å². The van der Waals surface area contributed by atoms with Gasteiger partial charge < -0.3 is 9.32 Å². The van der Waals surface area contributed by atoms with Gasteiger partial charge in [0, 0.05) is 52.1 Å². The summed E-state index contributed by atoms with van der Waals surface area (Å²) in [6.45, 7) is 0. The van der Waals surface area contributed by atoms with Gasteiger partial charge in [-0.1, -0.05) is 133 Å². The Labute approximate surface area is 308 Å². The molecule has 11 aromatic rings. The first-order chi connectivity index (χ1) is 25.8. The molecule has 2 nitrogen and oxygen atoms in total. The van der Waals surface area contributed by atoms with Gasteiger partial charge in [-0.05, 0) is 64.7 Å². The van der Waals surface area contributed by atoms with Crippen LogP contribution in [-0.4, -0.2) is 0 Å². The first-order valence-electron chi connectivity index (χ1n) is 17.5. The van der Waals surface area contributed by atoms with Crippen molar-refractivity contribution in [2.75, 3.05) is 4.90 Å². The summed E-state index contributed by atoms with van der Waals surface area (Å²) >= 11 is 3.73. The molecule has 0 bridgehead atoms. The fraction of sp³-hybridized carbons (Fsp3) is 0. The van der Waals surface area contributed by atoms with E-state index in [1.807, 2.05) is 28.7 Å². The lowest BCUT2D eigenvalue weighted by molar-refractivity contribution is 0.669. The van der Waals surface area contributed by atoms with E-state index < -0.39 is 0 Å². The van der Waals surface area contributed by atoms with E-state index in [9.17, 15) is 0 Å². The molecule has 8 aromatic carbocycles. The standard InChI is InChI=1S/C48H29NOS2/c1-2-12-30(13-3-1)34-18-9-20-39-40-21-11-23-42(48(40)52-47(34)39)49(41-22-10-19-38-35-16-4-6-24-43(35)50-46(38)41)33-15-8-14-31(28-33)32-26-27-37-36-17-5-7-25-44(36)51-45(37)29-32/h1-29H. The van der Waals surface area contributed by atoms with E-state index in [1.165, 1.54) is 62.6 Å². The lowest BCUT2D eigenvalue weighted by atomic mass is 10.0. The summed E-state index contributed by atoms with van der Waals surface area (Å²) in [7, 11) is 0. The molecule has 0 spiro atoms. The van der Waals surface area contributed by atoms with Crippen molar-refractivity contribution in [2.45, 2.75) is 0 Å². The number of rotatable bonds is 5. The molecule has 0 saturated heterocycles. The van der Waals surface area contributed by atoms with E-state index >= 15 is 0 Å². The lowest BCUT2D eigenvalue weighted by Crippen LogP contribution is -2.10. The zero-order chi connectivity index (χ0) is 34.2. The highest BCUT2D eigenvalue weighted by molar-refractivity contribution is 7.27. The minimum Gasteiger partial charge on any atom is -0.454 e. The molecular weight excluding hydrogens is 671 g/mol. The molecule has 0 aliphatic rings. The predicted octanol–water partition coefficient (Wildman–Crippen LogP) is 15.1. The van der Waals surface area contributed by atoms with E-state index in [4.69, 9.17) is 4.42 Å². The molecule has 0 atom stereocenters. The Bertz CT molecular complexity index is 3150. The van der Waals surface area contributed by atoms with Crippen molar-refractivity contribution in [1.82, 2.24) is 0 Å². The average molecular weight is 700 g/mol. The van der Waals surface area contributed by atoms with Crippen LogP contribution in [0.2, 0.25) is 0 Å². The quantitative estimate of drug-likeness (QED) is 0.178. The van der Waals surface area contributed by atoms with E-state index in [2.05, 4.69) is 175 Å². The molecular formula is C48H29NOS2. The Morgan fingerprint density at radius 1 is 0.385 bits per heavy atom. The number of fused-ring (bicyclic) bond motifs is 9. The maximum Gasteiger partial charge on any atom is 0.159 e. The summed E-state index contributed by atoms with van der Waals surface area (Å²) in [5.41, 5.74) is 9.86. The number of hydrogen-bond donors (Lipinski definition) is 0. The van der Waals surface area contributed by atoms with Gasteiger partial charge in [-0.3, -0.25) is 0 Å². The van der Waals surface area contributed by atoms with Crippen molar-refractivity contribution in [3.8, 4) is 22.3 Å². The van der Waals surface area contributed by atoms with Gasteiger partial charge in [0.15, 0.2) is 5.58 Å². The van der Waals surface area contributed by atoms with E-state index in [1.54, 1.807) is 0 Å². The molecule has 3 heterocycles. The van der Waals surface area contributed by atoms with Crippen molar-refractivity contribution < 1.29 is 4.42 Å². The van der Waals surface area contributed by atoms with Gasteiger partial charge in [-0.2, -0.15) is 0 Å². The Morgan fingerprint density at radius 3 is 1.94 bits per heavy atom. The largest absolute Gasteiger partial charge is 0.454 e. The molecule has 0 saturated carbocycles. The predicted molar refractivity (Wildman–Crippen MR) is 225 cm³/mol. The summed E-state index contributed by atoms with van der Waals surface area (Å²) in [6, 6.07) is 63.6. The zero-order valence-electron chi connectivity index (χ0n) is 27.9. The van der Waals surface area contributed by atoms with Crippen LogP contribution in [0.5, 0.6) is 0 Å². The normalized spacial score (nSPS) is 11.8. The molecule has 0 radical (unpaired) electrons. The molecule has 4 heteroatoms. The molecule has 11 rings (SSSR count). The monoisotopic (exact) mass is 699 g/mol. The Hall–Kier alpha value is -6.20. The Kier molecular flexibility index (Phi) is 6.63. The minimum atomic E-state index is 0.879. The molecule has 244 valence electrons. The molecule has 0 unspecified atom stereocenters. The van der Waals surface area contributed by atoms with E-state index in [-0.39, 0.29) is 0 Å². The van der Waals surface area contributed by atoms with Gasteiger partial charge in [-0.25, -0.2) is 0 Å². The van der Waals surface area contributed by atoms with Crippen molar-refractivity contribution >= 4 is 102 Å². The molecule has 0 fully saturated rings. The van der Waals surface area contributed by atoms with Crippen LogP contribution >= 0.6 is 22.7 Å². The maximum absolute atomic E-state index is 6.71. The van der Waals surface area contributed by atoms with Gasteiger partial charge in [0.2, 0.25) is 0 Å². The smallest absolute Gasteiger partial charge is 0.159 e. The summed E-state index contributed by atoms with van der Waals surface area (Å²) in [5.74, 6) is 0. The topological polar surface area (TPSA) is 16.4 Å². The fourth-order valence-electron chi connectivity index (χ4n) is 7.87. The maximum atomic E-state index is 6.71. The van der Waals surface area contributed by atoms with Crippen LogP contribution in [0.25, 0.3) is 84.5 Å². The molecule has 0 aliphatic heterocycles. The van der Waals surface area contributed by atoms with Gasteiger partial charge in [-0.15, -0.1) is 22.7 Å². The van der Waals surface area contributed by atoms with Gasteiger partial charge in [0.05, 0.1) is 16.1 Å². The average Bonchev–Trinajstić information content (AvgIpc) is 3.90. The van der Waals surface area contributed by atoms with Crippen molar-refractivity contribution in [1.29, 1.82) is 0 Å². The van der Waals surface area contributed by atoms with Crippen LogP contribution in [0.15, 0.2) is 180 Å². The van der Waals surface area contributed by atoms with Gasteiger partial charge >= 0.3 is 0 Å². The highest BCUT2D eigenvalue weighted by Crippen LogP contribution is 2.49. The SMILES string of the molecule is c1ccc(-c2cccc3c2sc2c(N(c4cccc(-c5ccc6c(c5)sc5ccccc56)c4)c4cccc5c4oc4ccccc45)cccc23)cc1. The molecule has 0 amide bonds. The second-order valence-electron chi connectivity index (χ2n) is 13.3. The van der Waals surface area contributed by atoms with Crippen LogP contribution in [-0.2, 0) is 0 Å². The van der Waals surface area contributed by atoms with E-state index in [0.29, 0.717) is 0 Å². The second-order valence-corrected chi connectivity index (χ2v) is 15.4. The lowest BCUT2D eigenvalue weighted by Gasteiger charge is -2.26. The first kappa shape index (κ1) is 29.5. The number of benzene rings is 8. The van der Waals surface area contributed by atoms with Crippen LogP contribution < -0.4 is 4.90 Å². The summed E-state index contributed by atoms with van der Waals surface area (Å²) in [4.78, 5) is 2.41. The van der Waals surface area contributed by atoms with E-state index in [0.717, 1.165) is 39.0 Å². The molecule has 0 N–H and O–H groups in total. The third-order valence-corrected chi connectivity index (χ3v) is 12.7. The first-order valence-corrected chi connectivity index (χ1v) is 19.1. The summed E-state index contributed by atoms with van der Waals surface area (Å²) < 4.78 is 11.9. The zero-order valence-corrected chi connectivity index (χ0v) is 29.5. The Balaban J connectivity index is 1.16. The van der Waals surface area contributed by atoms with Crippen LogP contribution in [0, 0.1) is 0 Å². The Morgan fingerprint density at radius 2 is 1.04 bits per heavy atom. The number of thiophene rings is 2. The van der Waals surface area contributed by atoms with Gasteiger partial charge in [0.25, 0.3) is 0 Å². The highest BCUT2D eigenvalue weighted by Gasteiger charge is 2.23. The number of furan rings is 1. The molecule has 52 heavy (non-hydrogen) atoms. The molecule has 3 aromatic heterocycles. The highest BCUT2D eigenvalue weighted by atomic mass is 32.1. The fourth-order valence-corrected chi connectivity index (χ4v) is 10.4.